The molecule has 0 aliphatic carbocycles. The average Bonchev–Trinajstić information content (AvgIpc) is 2.23. The minimum Gasteiger partial charge on any atom is -0.444 e. The van der Waals surface area contributed by atoms with Crippen LogP contribution in [0.5, 0.6) is 0 Å². The first-order valence-electron chi connectivity index (χ1n) is 6.87. The summed E-state index contributed by atoms with van der Waals surface area (Å²) in [6.07, 6.45) is -5.98. The van der Waals surface area contributed by atoms with Crippen LogP contribution in [0.1, 0.15) is 20.8 Å². The zero-order valence-electron chi connectivity index (χ0n) is 13.4. The highest BCUT2D eigenvalue weighted by atomic mass is 19.4. The maximum absolute atomic E-state index is 11.9. The van der Waals surface area contributed by atoms with Gasteiger partial charge in [-0.05, 0) is 27.8 Å². The van der Waals surface area contributed by atoms with Crippen LogP contribution in [-0.4, -0.2) is 73.9 Å². The predicted molar refractivity (Wildman–Crippen MR) is 74.6 cm³/mol. The van der Waals surface area contributed by atoms with Crippen LogP contribution in [0.2, 0.25) is 0 Å². The van der Waals surface area contributed by atoms with Crippen LogP contribution in [0.25, 0.3) is 0 Å². The highest BCUT2D eigenvalue weighted by Gasteiger charge is 2.27. The summed E-state index contributed by atoms with van der Waals surface area (Å²) in [4.78, 5) is 13.0. The van der Waals surface area contributed by atoms with Gasteiger partial charge in [0.1, 0.15) is 12.2 Å². The van der Waals surface area contributed by atoms with Crippen LogP contribution in [0.3, 0.4) is 0 Å². The van der Waals surface area contributed by atoms with E-state index in [1.165, 1.54) is 0 Å². The van der Waals surface area contributed by atoms with Crippen LogP contribution >= 0.6 is 0 Å². The Balaban J connectivity index is 3.76. The summed E-state index contributed by atoms with van der Waals surface area (Å²) in [6.45, 7) is 4.30. The molecule has 0 spiro atoms. The van der Waals surface area contributed by atoms with Gasteiger partial charge in [-0.3, -0.25) is 0 Å². The molecule has 0 bridgehead atoms. The molecule has 0 heterocycles. The smallest absolute Gasteiger partial charge is 0.411 e. The molecule has 0 aromatic rings. The largest absolute Gasteiger partial charge is 0.444 e. The second-order valence-corrected chi connectivity index (χ2v) is 5.98. The minimum atomic E-state index is -4.40. The molecule has 0 saturated heterocycles. The van der Waals surface area contributed by atoms with Crippen molar-refractivity contribution in [3.8, 4) is 0 Å². The molecule has 0 rings (SSSR count). The van der Waals surface area contributed by atoms with E-state index in [2.05, 4.69) is 10.1 Å². The number of rotatable bonds is 8. The number of nitrogens with one attached hydrogen (secondary N) is 1. The van der Waals surface area contributed by atoms with E-state index in [1.807, 2.05) is 0 Å². The molecule has 132 valence electrons. The number of aliphatic hydroxyl groups is 1. The Hall–Kier alpha value is -1.06. The van der Waals surface area contributed by atoms with E-state index in [9.17, 15) is 23.1 Å². The lowest BCUT2D eigenvalue weighted by Crippen LogP contribution is -2.39. The summed E-state index contributed by atoms with van der Waals surface area (Å²) in [6, 6.07) is 0. The van der Waals surface area contributed by atoms with E-state index in [1.54, 1.807) is 32.7 Å². The van der Waals surface area contributed by atoms with Gasteiger partial charge in [-0.25, -0.2) is 4.79 Å². The molecule has 0 saturated carbocycles. The van der Waals surface area contributed by atoms with Gasteiger partial charge >= 0.3 is 12.3 Å². The van der Waals surface area contributed by atoms with Crippen molar-refractivity contribution in [2.24, 2.45) is 0 Å². The molecule has 6 nitrogen and oxygen atoms in total. The SMILES string of the molecule is CN(CCNC(=O)OC(C)(C)C)C[C@@H](O)COCC(F)(F)F. The van der Waals surface area contributed by atoms with Crippen molar-refractivity contribution in [2.75, 3.05) is 39.9 Å². The van der Waals surface area contributed by atoms with E-state index in [0.29, 0.717) is 13.1 Å². The van der Waals surface area contributed by atoms with Crippen LogP contribution in [0.15, 0.2) is 0 Å². The molecule has 0 unspecified atom stereocenters. The fourth-order valence-corrected chi connectivity index (χ4v) is 1.48. The van der Waals surface area contributed by atoms with Crippen LogP contribution < -0.4 is 5.32 Å². The number of amides is 1. The zero-order valence-corrected chi connectivity index (χ0v) is 13.4. The number of likely N-dealkylation sites (N-methyl/N-ethyl adjacent to an activating group) is 1. The highest BCUT2D eigenvalue weighted by Crippen LogP contribution is 2.14. The summed E-state index contributed by atoms with van der Waals surface area (Å²) in [5.41, 5.74) is -0.581. The Labute approximate surface area is 128 Å². The number of halogens is 3. The van der Waals surface area contributed by atoms with Crippen LogP contribution in [0.4, 0.5) is 18.0 Å². The van der Waals surface area contributed by atoms with Gasteiger partial charge in [0.25, 0.3) is 0 Å². The normalized spacial score (nSPS) is 14.0. The van der Waals surface area contributed by atoms with Gasteiger partial charge in [-0.2, -0.15) is 13.2 Å². The first-order valence-corrected chi connectivity index (χ1v) is 6.87. The number of alkyl halides is 3. The van der Waals surface area contributed by atoms with E-state index < -0.39 is 37.2 Å². The lowest BCUT2D eigenvalue weighted by Gasteiger charge is -2.22. The maximum Gasteiger partial charge on any atom is 0.411 e. The molecular weight excluding hydrogens is 305 g/mol. The van der Waals surface area contributed by atoms with Gasteiger partial charge in [0.05, 0.1) is 12.7 Å². The fourth-order valence-electron chi connectivity index (χ4n) is 1.48. The number of hydrogen-bond donors (Lipinski definition) is 2. The van der Waals surface area contributed by atoms with Gasteiger partial charge in [0, 0.05) is 19.6 Å². The van der Waals surface area contributed by atoms with Crippen LogP contribution in [-0.2, 0) is 9.47 Å². The van der Waals surface area contributed by atoms with Gasteiger partial charge in [-0.1, -0.05) is 0 Å². The van der Waals surface area contributed by atoms with Gasteiger partial charge in [0.2, 0.25) is 0 Å². The van der Waals surface area contributed by atoms with E-state index >= 15 is 0 Å². The third-order valence-corrected chi connectivity index (χ3v) is 2.26. The van der Waals surface area contributed by atoms with Crippen molar-refractivity contribution in [3.05, 3.63) is 0 Å². The third kappa shape index (κ3) is 13.9. The molecule has 0 radical (unpaired) electrons. The highest BCUT2D eigenvalue weighted by molar-refractivity contribution is 5.67. The number of alkyl carbamates (subject to hydrolysis) is 1. The molecule has 0 aliphatic rings. The molecule has 22 heavy (non-hydrogen) atoms. The summed E-state index contributed by atoms with van der Waals surface area (Å²) >= 11 is 0. The zero-order chi connectivity index (χ0) is 17.4. The number of carbonyl (C=O) groups excluding carboxylic acids is 1. The molecule has 0 aromatic carbocycles. The number of nitrogens with zero attached hydrogens (tertiary/aromatic N) is 1. The number of hydrogen-bond acceptors (Lipinski definition) is 5. The molecular formula is C13H25F3N2O4. The van der Waals surface area contributed by atoms with Crippen molar-refractivity contribution < 1.29 is 32.5 Å². The standard InChI is InChI=1S/C13H25F3N2O4/c1-12(2,3)22-11(20)17-5-6-18(4)7-10(19)8-21-9-13(14,15)16/h10,19H,5-9H2,1-4H3,(H,17,20)/t10-/m1/s1. The maximum atomic E-state index is 11.9. The Bertz CT molecular complexity index is 332. The molecule has 0 aromatic heterocycles. The first-order chi connectivity index (χ1) is 9.89. The van der Waals surface area contributed by atoms with Crippen molar-refractivity contribution in [1.82, 2.24) is 10.2 Å². The summed E-state index contributed by atoms with van der Waals surface area (Å²) in [5.74, 6) is 0. The second kappa shape index (κ2) is 9.16. The van der Waals surface area contributed by atoms with Gasteiger partial charge in [-0.15, -0.1) is 0 Å². The van der Waals surface area contributed by atoms with Crippen LogP contribution in [0, 0.1) is 0 Å². The molecule has 0 aliphatic heterocycles. The lowest BCUT2D eigenvalue weighted by molar-refractivity contribution is -0.179. The second-order valence-electron chi connectivity index (χ2n) is 5.98. The van der Waals surface area contributed by atoms with Crippen molar-refractivity contribution in [3.63, 3.8) is 0 Å². The van der Waals surface area contributed by atoms with E-state index in [-0.39, 0.29) is 6.54 Å². The van der Waals surface area contributed by atoms with Crippen molar-refractivity contribution in [1.29, 1.82) is 0 Å². The molecule has 0 fully saturated rings. The van der Waals surface area contributed by atoms with E-state index in [0.717, 1.165) is 0 Å². The van der Waals surface area contributed by atoms with Crippen molar-refractivity contribution in [2.45, 2.75) is 38.7 Å². The fraction of sp³-hybridized carbons (Fsp3) is 0.923. The summed E-state index contributed by atoms with van der Waals surface area (Å²) < 4.78 is 45.0. The molecule has 2 N–H and O–H groups in total. The first kappa shape index (κ1) is 20.9. The Morgan fingerprint density at radius 1 is 1.32 bits per heavy atom. The topological polar surface area (TPSA) is 71.0 Å². The predicted octanol–water partition coefficient (Wildman–Crippen LogP) is 1.38. The minimum absolute atomic E-state index is 0.133. The quantitative estimate of drug-likeness (QED) is 0.704. The lowest BCUT2D eigenvalue weighted by atomic mass is 10.2. The Morgan fingerprint density at radius 3 is 2.41 bits per heavy atom. The Morgan fingerprint density at radius 2 is 1.91 bits per heavy atom. The average molecular weight is 330 g/mol. The van der Waals surface area contributed by atoms with Gasteiger partial charge < -0.3 is 24.8 Å². The Kier molecular flexibility index (Phi) is 8.72. The molecule has 9 heteroatoms. The number of aliphatic hydroxyl groups excluding tert-OH is 1. The third-order valence-electron chi connectivity index (χ3n) is 2.26. The van der Waals surface area contributed by atoms with E-state index in [4.69, 9.17) is 4.74 Å². The van der Waals surface area contributed by atoms with Crippen molar-refractivity contribution >= 4 is 6.09 Å². The summed E-state index contributed by atoms with van der Waals surface area (Å²) in [7, 11) is 1.67. The monoisotopic (exact) mass is 330 g/mol. The molecule has 1 amide bonds. The van der Waals surface area contributed by atoms with Gasteiger partial charge in [0.15, 0.2) is 0 Å². The molecule has 1 atom stereocenters. The summed E-state index contributed by atoms with van der Waals surface area (Å²) in [5, 5.41) is 12.1. The number of ether oxygens (including phenoxy) is 2. The number of carbonyl (C=O) groups is 1.